The second-order valence-corrected chi connectivity index (χ2v) is 26.8. The fraction of sp³-hybridized carbons (Fsp3) is 0.514. The number of unbranched alkanes of at least 4 members (excludes halogenated alkanes) is 20. The van der Waals surface area contributed by atoms with Gasteiger partial charge in [-0.2, -0.15) is 8.75 Å². The number of halogens is 2. The number of benzene rings is 6. The molecular formula is C74H94F2N2S2. The lowest BCUT2D eigenvalue weighted by atomic mass is 9.70. The van der Waals surface area contributed by atoms with Gasteiger partial charge in [-0.15, -0.1) is 11.8 Å². The lowest BCUT2D eigenvalue weighted by Gasteiger charge is -2.33. The van der Waals surface area contributed by atoms with Gasteiger partial charge in [-0.1, -0.05) is 268 Å². The smallest absolute Gasteiger partial charge is 0.169 e. The first kappa shape index (κ1) is 60.0. The molecule has 0 saturated heterocycles. The van der Waals surface area contributed by atoms with Gasteiger partial charge in [0.05, 0.1) is 11.7 Å². The van der Waals surface area contributed by atoms with Crippen LogP contribution in [-0.2, 0) is 10.8 Å². The molecule has 2 aliphatic carbocycles. The van der Waals surface area contributed by atoms with E-state index in [9.17, 15) is 0 Å². The van der Waals surface area contributed by atoms with Crippen molar-refractivity contribution in [2.75, 3.05) is 0 Å². The predicted octanol–water partition coefficient (Wildman–Crippen LogP) is 24.3. The monoisotopic (exact) mass is 1110 g/mol. The zero-order valence-corrected chi connectivity index (χ0v) is 51.7. The summed E-state index contributed by atoms with van der Waals surface area (Å²) in [5.41, 5.74) is 16.4. The summed E-state index contributed by atoms with van der Waals surface area (Å²) >= 11 is 2.96. The van der Waals surface area contributed by atoms with Gasteiger partial charge in [-0.05, 0) is 130 Å². The van der Waals surface area contributed by atoms with Crippen molar-refractivity contribution in [3.8, 4) is 55.6 Å². The highest BCUT2D eigenvalue weighted by molar-refractivity contribution is 7.99. The van der Waals surface area contributed by atoms with Gasteiger partial charge in [0.25, 0.3) is 0 Å². The molecule has 0 atom stereocenters. The minimum absolute atomic E-state index is 0.200. The Morgan fingerprint density at radius 3 is 1.11 bits per heavy atom. The van der Waals surface area contributed by atoms with Gasteiger partial charge < -0.3 is 0 Å². The predicted molar refractivity (Wildman–Crippen MR) is 344 cm³/mol. The summed E-state index contributed by atoms with van der Waals surface area (Å²) in [6.45, 7) is 15.9. The van der Waals surface area contributed by atoms with Crippen LogP contribution in [0.1, 0.15) is 249 Å². The maximum absolute atomic E-state index is 17.9. The molecule has 6 heteroatoms. The number of rotatable bonds is 33. The lowest BCUT2D eigenvalue weighted by molar-refractivity contribution is 0.398. The Bertz CT molecular complexity index is 3100. The lowest BCUT2D eigenvalue weighted by Crippen LogP contribution is -2.26. The molecule has 7 aromatic rings. The molecule has 2 aliphatic rings. The largest absolute Gasteiger partial charge is 0.203 e. The molecule has 1 aromatic heterocycles. The van der Waals surface area contributed by atoms with Gasteiger partial charge in [0, 0.05) is 32.1 Å². The number of hydrogen-bond acceptors (Lipinski definition) is 4. The number of nitrogens with zero attached hydrogens (tertiary/aromatic N) is 2. The first-order valence-electron chi connectivity index (χ1n) is 32.1. The minimum atomic E-state index is -0.834. The van der Waals surface area contributed by atoms with E-state index in [0.717, 1.165) is 63.1 Å². The van der Waals surface area contributed by atoms with Gasteiger partial charge in [-0.25, -0.2) is 8.78 Å². The van der Waals surface area contributed by atoms with Crippen LogP contribution >= 0.6 is 23.5 Å². The van der Waals surface area contributed by atoms with Crippen molar-refractivity contribution in [3.05, 3.63) is 137 Å². The quantitative estimate of drug-likeness (QED) is 0.0303. The molecule has 6 aromatic carbocycles. The number of aromatic nitrogens is 2. The van der Waals surface area contributed by atoms with Crippen molar-refractivity contribution in [1.82, 2.24) is 8.75 Å². The molecule has 9 rings (SSSR count). The average Bonchev–Trinajstić information content (AvgIpc) is 4.31. The van der Waals surface area contributed by atoms with Gasteiger partial charge in [0.1, 0.15) is 11.0 Å². The molecule has 0 saturated carbocycles. The number of fused-ring (bicyclic) bond motifs is 7. The van der Waals surface area contributed by atoms with Crippen LogP contribution in [0.5, 0.6) is 0 Å². The van der Waals surface area contributed by atoms with Crippen LogP contribution < -0.4 is 0 Å². The normalized spacial score (nSPS) is 13.8. The zero-order chi connectivity index (χ0) is 56.1. The van der Waals surface area contributed by atoms with Crippen LogP contribution in [0.3, 0.4) is 0 Å². The summed E-state index contributed by atoms with van der Waals surface area (Å²) in [4.78, 5) is 1.29. The number of hydrogen-bond donors (Lipinski definition) is 0. The standard InChI is InChI=1S/C74H94F2N2S2/c1-8-12-16-20-24-28-44-73(45-29-25-21-17-13-9-2)63-48-53(7)32-40-59(63)61-42-36-56(50-65(61)73)67-69(75)70(76)68(72-71(67)77-80-78-72)57-37-43-62-60-41-35-55(54-33-38-58(39-34-54)79-52(5)6)49-64(60)74(66(62)51-57,46-30-26-22-18-14-10-3)47-31-27-23-19-15-11-4/h32-43,48-52H,8-31,44-47H2,1-7H3. The highest BCUT2D eigenvalue weighted by atomic mass is 32.2. The fourth-order valence-corrected chi connectivity index (χ4v) is 15.6. The molecule has 1 heterocycles. The number of thioether (sulfide) groups is 1. The average molecular weight is 1110 g/mol. The molecule has 0 amide bonds. The van der Waals surface area contributed by atoms with Crippen molar-refractivity contribution in [2.24, 2.45) is 0 Å². The van der Waals surface area contributed by atoms with E-state index in [-0.39, 0.29) is 22.0 Å². The van der Waals surface area contributed by atoms with E-state index in [1.807, 2.05) is 23.9 Å². The maximum Gasteiger partial charge on any atom is 0.169 e. The summed E-state index contributed by atoms with van der Waals surface area (Å²) in [5, 5.41) is 0.521. The third kappa shape index (κ3) is 13.1. The Kier molecular flexibility index (Phi) is 21.4. The van der Waals surface area contributed by atoms with Gasteiger partial charge >= 0.3 is 0 Å². The van der Waals surface area contributed by atoms with Crippen molar-refractivity contribution in [2.45, 2.75) is 249 Å². The van der Waals surface area contributed by atoms with Crippen molar-refractivity contribution >= 4 is 34.5 Å². The highest BCUT2D eigenvalue weighted by Gasteiger charge is 2.45. The highest BCUT2D eigenvalue weighted by Crippen LogP contribution is 2.58. The molecule has 80 heavy (non-hydrogen) atoms. The van der Waals surface area contributed by atoms with Gasteiger partial charge in [0.15, 0.2) is 11.6 Å². The fourth-order valence-electron chi connectivity index (χ4n) is 14.2. The Morgan fingerprint density at radius 2 is 0.725 bits per heavy atom. The van der Waals surface area contributed by atoms with E-state index in [2.05, 4.69) is 133 Å². The summed E-state index contributed by atoms with van der Waals surface area (Å²) in [5.74, 6) is -1.67. The van der Waals surface area contributed by atoms with Crippen LogP contribution in [0.4, 0.5) is 8.78 Å². The number of aryl methyl sites for hydroxylation is 1. The molecule has 0 N–H and O–H groups in total. The third-order valence-corrected chi connectivity index (χ3v) is 20.0. The van der Waals surface area contributed by atoms with Crippen LogP contribution in [0.2, 0.25) is 0 Å². The molecule has 0 radical (unpaired) electrons. The Balaban J connectivity index is 1.14. The van der Waals surface area contributed by atoms with Crippen LogP contribution in [0, 0.1) is 18.6 Å². The van der Waals surface area contributed by atoms with Crippen molar-refractivity contribution in [1.29, 1.82) is 0 Å². The second kappa shape index (κ2) is 28.6. The molecule has 0 spiro atoms. The van der Waals surface area contributed by atoms with E-state index in [1.165, 1.54) is 195 Å². The SMILES string of the molecule is CCCCCCCCC1(CCCCCCCC)c2cc(C)ccc2-c2ccc(-c3c(F)c(F)c(-c4ccc5c(c4)C(CCCCCCCC)(CCCCCCCC)c4cc(-c6ccc(SC(C)C)cc6)ccc4-5)c4nsnc34)cc21. The van der Waals surface area contributed by atoms with E-state index in [1.54, 1.807) is 0 Å². The van der Waals surface area contributed by atoms with Crippen molar-refractivity contribution in [3.63, 3.8) is 0 Å². The third-order valence-electron chi connectivity index (χ3n) is 18.4. The first-order valence-corrected chi connectivity index (χ1v) is 33.7. The van der Waals surface area contributed by atoms with Crippen LogP contribution in [0.25, 0.3) is 66.7 Å². The maximum atomic E-state index is 17.9. The summed E-state index contributed by atoms with van der Waals surface area (Å²) in [7, 11) is 0. The van der Waals surface area contributed by atoms with Crippen molar-refractivity contribution < 1.29 is 8.78 Å². The molecule has 0 aliphatic heterocycles. The van der Waals surface area contributed by atoms with Crippen LogP contribution in [-0.4, -0.2) is 14.0 Å². The Morgan fingerprint density at radius 1 is 0.400 bits per heavy atom. The Labute approximate surface area is 490 Å². The molecule has 0 bridgehead atoms. The van der Waals surface area contributed by atoms with E-state index < -0.39 is 11.6 Å². The molecule has 0 fully saturated rings. The second-order valence-electron chi connectivity index (χ2n) is 24.6. The summed E-state index contributed by atoms with van der Waals surface area (Å²) in [6, 6.07) is 36.3. The molecule has 2 nitrogen and oxygen atoms in total. The van der Waals surface area contributed by atoms with Gasteiger partial charge in [-0.3, -0.25) is 0 Å². The van der Waals surface area contributed by atoms with E-state index in [4.69, 9.17) is 8.75 Å². The van der Waals surface area contributed by atoms with Gasteiger partial charge in [0.2, 0.25) is 0 Å². The van der Waals surface area contributed by atoms with E-state index in [0.29, 0.717) is 27.4 Å². The molecule has 0 unspecified atom stereocenters. The van der Waals surface area contributed by atoms with Crippen LogP contribution in [0.15, 0.2) is 102 Å². The summed E-state index contributed by atoms with van der Waals surface area (Å²) < 4.78 is 45.6. The topological polar surface area (TPSA) is 25.8 Å². The Hall–Kier alpha value is -4.65. The summed E-state index contributed by atoms with van der Waals surface area (Å²) in [6.07, 6.45) is 33.6. The first-order chi connectivity index (χ1) is 39.1. The zero-order valence-electron chi connectivity index (χ0n) is 50.1. The minimum Gasteiger partial charge on any atom is -0.203 e. The molecule has 426 valence electrons. The molecular weight excluding hydrogens is 1020 g/mol. The van der Waals surface area contributed by atoms with E-state index >= 15 is 8.78 Å².